The first-order chi connectivity index (χ1) is 11.9. The van der Waals surface area contributed by atoms with Crippen LogP contribution in [0.15, 0.2) is 52.1 Å². The number of methoxy groups -OCH3 is 1. The Labute approximate surface area is 143 Å². The van der Waals surface area contributed by atoms with E-state index in [1.807, 2.05) is 13.0 Å². The van der Waals surface area contributed by atoms with Gasteiger partial charge in [0.1, 0.15) is 0 Å². The summed E-state index contributed by atoms with van der Waals surface area (Å²) in [6.07, 6.45) is 0. The summed E-state index contributed by atoms with van der Waals surface area (Å²) in [5, 5.41) is 0.508. The van der Waals surface area contributed by atoms with Crippen LogP contribution in [-0.4, -0.2) is 22.2 Å². The molecule has 0 bridgehead atoms. The van der Waals surface area contributed by atoms with Gasteiger partial charge in [-0.25, -0.2) is 9.59 Å². The van der Waals surface area contributed by atoms with Crippen LogP contribution in [0.1, 0.15) is 21.5 Å². The van der Waals surface area contributed by atoms with Crippen molar-refractivity contribution in [3.05, 3.63) is 80.0 Å². The fraction of sp³-hybridized carbons (Fsp3) is 0.211. The highest BCUT2D eigenvalue weighted by atomic mass is 16.5. The van der Waals surface area contributed by atoms with E-state index < -0.39 is 5.97 Å². The molecule has 0 saturated carbocycles. The van der Waals surface area contributed by atoms with E-state index in [0.717, 1.165) is 11.1 Å². The second-order valence-corrected chi connectivity index (χ2v) is 5.94. The molecule has 1 aromatic heterocycles. The topological polar surface area (TPSA) is 70.3 Å². The zero-order valence-corrected chi connectivity index (χ0v) is 14.3. The highest BCUT2D eigenvalue weighted by Gasteiger charge is 2.12. The average molecular weight is 338 g/mol. The molecule has 0 fully saturated rings. The van der Waals surface area contributed by atoms with Gasteiger partial charge in [-0.05, 0) is 36.8 Å². The predicted octanol–water partition coefficient (Wildman–Crippen LogP) is 1.84. The quantitative estimate of drug-likeness (QED) is 0.683. The van der Waals surface area contributed by atoms with E-state index in [1.165, 1.54) is 16.2 Å². The van der Waals surface area contributed by atoms with Crippen LogP contribution in [0.4, 0.5) is 0 Å². The van der Waals surface area contributed by atoms with Crippen molar-refractivity contribution in [3.63, 3.8) is 0 Å². The van der Waals surface area contributed by atoms with Crippen LogP contribution in [0.2, 0.25) is 0 Å². The molecule has 6 nitrogen and oxygen atoms in total. The third-order valence-electron chi connectivity index (χ3n) is 4.22. The van der Waals surface area contributed by atoms with Gasteiger partial charge < -0.3 is 4.74 Å². The number of hydrogen-bond acceptors (Lipinski definition) is 4. The van der Waals surface area contributed by atoms with Crippen molar-refractivity contribution < 1.29 is 9.53 Å². The molecule has 2 aromatic carbocycles. The molecule has 0 spiro atoms. The third-order valence-corrected chi connectivity index (χ3v) is 4.22. The summed E-state index contributed by atoms with van der Waals surface area (Å²) in [4.78, 5) is 36.8. The van der Waals surface area contributed by atoms with Gasteiger partial charge in [0, 0.05) is 7.05 Å². The number of benzene rings is 2. The number of ether oxygens (including phenoxy) is 1. The number of rotatable bonds is 3. The van der Waals surface area contributed by atoms with Crippen LogP contribution in [0.3, 0.4) is 0 Å². The molecule has 0 aliphatic carbocycles. The summed E-state index contributed by atoms with van der Waals surface area (Å²) >= 11 is 0. The number of esters is 1. The highest BCUT2D eigenvalue weighted by Crippen LogP contribution is 2.11. The van der Waals surface area contributed by atoms with Crippen LogP contribution in [-0.2, 0) is 18.3 Å². The molecule has 0 unspecified atom stereocenters. The monoisotopic (exact) mass is 338 g/mol. The van der Waals surface area contributed by atoms with Gasteiger partial charge in [0.15, 0.2) is 0 Å². The molecule has 0 saturated heterocycles. The van der Waals surface area contributed by atoms with Gasteiger partial charge in [-0.2, -0.15) is 0 Å². The molecule has 3 aromatic rings. The number of carbonyl (C=O) groups is 1. The van der Waals surface area contributed by atoms with Crippen molar-refractivity contribution >= 4 is 16.9 Å². The SMILES string of the molecule is COC(=O)c1ccc(Cn2c(=O)c3cc(C)ccc3n(C)c2=O)cc1. The van der Waals surface area contributed by atoms with Crippen molar-refractivity contribution in [2.24, 2.45) is 7.05 Å². The first-order valence-corrected chi connectivity index (χ1v) is 7.80. The Morgan fingerprint density at radius 1 is 1.08 bits per heavy atom. The summed E-state index contributed by atoms with van der Waals surface area (Å²) < 4.78 is 7.33. The van der Waals surface area contributed by atoms with Crippen LogP contribution >= 0.6 is 0 Å². The Morgan fingerprint density at radius 2 is 1.76 bits per heavy atom. The largest absolute Gasteiger partial charge is 0.465 e. The van der Waals surface area contributed by atoms with E-state index in [1.54, 1.807) is 43.4 Å². The molecular formula is C19H18N2O4. The molecule has 3 rings (SSSR count). The van der Waals surface area contributed by atoms with Gasteiger partial charge in [-0.15, -0.1) is 0 Å². The zero-order valence-electron chi connectivity index (χ0n) is 14.3. The van der Waals surface area contributed by atoms with Crippen molar-refractivity contribution in [1.29, 1.82) is 0 Å². The van der Waals surface area contributed by atoms with Gasteiger partial charge >= 0.3 is 11.7 Å². The third kappa shape index (κ3) is 2.98. The Bertz CT molecular complexity index is 1080. The highest BCUT2D eigenvalue weighted by molar-refractivity contribution is 5.89. The average Bonchev–Trinajstić information content (AvgIpc) is 2.63. The van der Waals surface area contributed by atoms with Crippen LogP contribution in [0.25, 0.3) is 10.9 Å². The molecular weight excluding hydrogens is 320 g/mol. The normalized spacial score (nSPS) is 10.8. The summed E-state index contributed by atoms with van der Waals surface area (Å²) in [5.41, 5.74) is 2.03. The lowest BCUT2D eigenvalue weighted by atomic mass is 10.1. The number of aromatic nitrogens is 2. The van der Waals surface area contributed by atoms with Crippen LogP contribution in [0, 0.1) is 6.92 Å². The fourth-order valence-corrected chi connectivity index (χ4v) is 2.82. The first-order valence-electron chi connectivity index (χ1n) is 7.80. The number of carbonyl (C=O) groups excluding carboxylic acids is 1. The van der Waals surface area contributed by atoms with Gasteiger partial charge in [0.2, 0.25) is 0 Å². The smallest absolute Gasteiger partial charge is 0.337 e. The fourth-order valence-electron chi connectivity index (χ4n) is 2.82. The molecule has 1 heterocycles. The number of nitrogens with zero attached hydrogens (tertiary/aromatic N) is 2. The standard InChI is InChI=1S/C19H18N2O4/c1-12-4-9-16-15(10-12)17(22)21(19(24)20(16)2)11-13-5-7-14(8-6-13)18(23)25-3/h4-10H,11H2,1-3H3. The molecule has 25 heavy (non-hydrogen) atoms. The Morgan fingerprint density at radius 3 is 2.40 bits per heavy atom. The molecule has 0 aliphatic heterocycles. The summed E-state index contributed by atoms with van der Waals surface area (Å²) in [5.74, 6) is -0.430. The van der Waals surface area contributed by atoms with Crippen molar-refractivity contribution in [3.8, 4) is 0 Å². The van der Waals surface area contributed by atoms with Gasteiger partial charge in [0.05, 0.1) is 30.1 Å². The number of hydrogen-bond donors (Lipinski definition) is 0. The maximum atomic E-state index is 12.8. The minimum absolute atomic E-state index is 0.136. The Balaban J connectivity index is 2.09. The summed E-state index contributed by atoms with van der Waals surface area (Å²) in [7, 11) is 2.97. The van der Waals surface area contributed by atoms with Crippen molar-refractivity contribution in [2.75, 3.05) is 7.11 Å². The predicted molar refractivity (Wildman–Crippen MR) is 95.1 cm³/mol. The Kier molecular flexibility index (Phi) is 4.27. The lowest BCUT2D eigenvalue weighted by molar-refractivity contribution is 0.0600. The van der Waals surface area contributed by atoms with Crippen LogP contribution < -0.4 is 11.2 Å². The van der Waals surface area contributed by atoms with Gasteiger partial charge in [-0.3, -0.25) is 13.9 Å². The van der Waals surface area contributed by atoms with Crippen molar-refractivity contribution in [2.45, 2.75) is 13.5 Å². The maximum Gasteiger partial charge on any atom is 0.337 e. The van der Waals surface area contributed by atoms with E-state index >= 15 is 0 Å². The molecule has 0 aliphatic rings. The minimum atomic E-state index is -0.430. The van der Waals surface area contributed by atoms with Gasteiger partial charge in [0.25, 0.3) is 5.56 Å². The van der Waals surface area contributed by atoms with Crippen LogP contribution in [0.5, 0.6) is 0 Å². The molecule has 0 atom stereocenters. The summed E-state index contributed by atoms with van der Waals surface area (Å²) in [6.45, 7) is 2.04. The second-order valence-electron chi connectivity index (χ2n) is 5.94. The Hall–Kier alpha value is -3.15. The lowest BCUT2D eigenvalue weighted by Crippen LogP contribution is -2.39. The van der Waals surface area contributed by atoms with E-state index in [9.17, 15) is 14.4 Å². The van der Waals surface area contributed by atoms with E-state index in [0.29, 0.717) is 16.5 Å². The van der Waals surface area contributed by atoms with Gasteiger partial charge in [-0.1, -0.05) is 23.8 Å². The van der Waals surface area contributed by atoms with E-state index in [-0.39, 0.29) is 17.8 Å². The van der Waals surface area contributed by atoms with Crippen molar-refractivity contribution in [1.82, 2.24) is 9.13 Å². The minimum Gasteiger partial charge on any atom is -0.465 e. The summed E-state index contributed by atoms with van der Waals surface area (Å²) in [6, 6.07) is 12.1. The number of aryl methyl sites for hydroxylation is 2. The first kappa shape index (κ1) is 16.7. The zero-order chi connectivity index (χ0) is 18.1. The molecule has 6 heteroatoms. The second kappa shape index (κ2) is 6.39. The maximum absolute atomic E-state index is 12.8. The van der Waals surface area contributed by atoms with E-state index in [4.69, 9.17) is 0 Å². The molecule has 0 amide bonds. The lowest BCUT2D eigenvalue weighted by Gasteiger charge is -2.11. The number of fused-ring (bicyclic) bond motifs is 1. The molecule has 0 radical (unpaired) electrons. The van der Waals surface area contributed by atoms with E-state index in [2.05, 4.69) is 4.74 Å². The molecule has 0 N–H and O–H groups in total. The molecule has 128 valence electrons.